The highest BCUT2D eigenvalue weighted by atomic mass is 32.2. The Kier molecular flexibility index (Phi) is 3.83. The summed E-state index contributed by atoms with van der Waals surface area (Å²) < 4.78 is 25.3. The lowest BCUT2D eigenvalue weighted by Gasteiger charge is -2.38. The Morgan fingerprint density at radius 1 is 1.06 bits per heavy atom. The minimum atomic E-state index is -3.01. The number of hydrogen-bond donors (Lipinski definition) is 1. The summed E-state index contributed by atoms with van der Waals surface area (Å²) in [6, 6.07) is -0.153. The third-order valence-electron chi connectivity index (χ3n) is 4.58. The first-order valence-electron chi connectivity index (χ1n) is 6.91. The SMILES string of the molecule is CC1CC(C)C(S(=O)(=O)C2CCCC2)C(N)C1. The first-order valence-corrected chi connectivity index (χ1v) is 8.52. The maximum atomic E-state index is 12.6. The average molecular weight is 259 g/mol. The van der Waals surface area contributed by atoms with Gasteiger partial charge in [-0.15, -0.1) is 0 Å². The van der Waals surface area contributed by atoms with Crippen molar-refractivity contribution < 1.29 is 8.42 Å². The van der Waals surface area contributed by atoms with Crippen LogP contribution in [0.1, 0.15) is 52.4 Å². The molecule has 17 heavy (non-hydrogen) atoms. The van der Waals surface area contributed by atoms with Crippen molar-refractivity contribution in [1.82, 2.24) is 0 Å². The summed E-state index contributed by atoms with van der Waals surface area (Å²) in [6.07, 6.45) is 5.71. The zero-order valence-electron chi connectivity index (χ0n) is 10.9. The van der Waals surface area contributed by atoms with Gasteiger partial charge in [0, 0.05) is 6.04 Å². The topological polar surface area (TPSA) is 60.2 Å². The van der Waals surface area contributed by atoms with E-state index in [-0.39, 0.29) is 22.5 Å². The molecule has 2 N–H and O–H groups in total. The van der Waals surface area contributed by atoms with Crippen LogP contribution in [0.2, 0.25) is 0 Å². The zero-order chi connectivity index (χ0) is 12.6. The molecule has 0 heterocycles. The smallest absolute Gasteiger partial charge is 0.157 e. The van der Waals surface area contributed by atoms with E-state index in [0.717, 1.165) is 38.5 Å². The molecule has 0 amide bonds. The highest BCUT2D eigenvalue weighted by Gasteiger charge is 2.44. The van der Waals surface area contributed by atoms with Gasteiger partial charge < -0.3 is 5.73 Å². The van der Waals surface area contributed by atoms with Gasteiger partial charge in [0.1, 0.15) is 0 Å². The van der Waals surface area contributed by atoms with Crippen molar-refractivity contribution in [2.24, 2.45) is 17.6 Å². The molecule has 2 aliphatic rings. The minimum Gasteiger partial charge on any atom is -0.327 e. The van der Waals surface area contributed by atoms with Gasteiger partial charge in [0.2, 0.25) is 0 Å². The van der Waals surface area contributed by atoms with Gasteiger partial charge in [0.25, 0.3) is 0 Å². The van der Waals surface area contributed by atoms with E-state index < -0.39 is 9.84 Å². The molecular weight excluding hydrogens is 234 g/mol. The summed E-state index contributed by atoms with van der Waals surface area (Å²) in [6.45, 7) is 4.24. The Bertz CT molecular complexity index is 348. The van der Waals surface area contributed by atoms with Gasteiger partial charge in [-0.3, -0.25) is 0 Å². The maximum absolute atomic E-state index is 12.6. The number of hydrogen-bond acceptors (Lipinski definition) is 3. The quantitative estimate of drug-likeness (QED) is 0.826. The van der Waals surface area contributed by atoms with Crippen molar-refractivity contribution in [3.63, 3.8) is 0 Å². The normalized spacial score (nSPS) is 40.6. The van der Waals surface area contributed by atoms with E-state index in [0.29, 0.717) is 5.92 Å². The summed E-state index contributed by atoms with van der Waals surface area (Å²) in [7, 11) is -3.01. The Balaban J connectivity index is 2.19. The lowest BCUT2D eigenvalue weighted by molar-refractivity contribution is 0.270. The van der Waals surface area contributed by atoms with Crippen LogP contribution in [-0.2, 0) is 9.84 Å². The molecule has 2 saturated carbocycles. The molecule has 0 aromatic heterocycles. The lowest BCUT2D eigenvalue weighted by Crippen LogP contribution is -2.51. The molecule has 4 atom stereocenters. The van der Waals surface area contributed by atoms with Crippen molar-refractivity contribution in [3.05, 3.63) is 0 Å². The molecule has 0 radical (unpaired) electrons. The highest BCUT2D eigenvalue weighted by molar-refractivity contribution is 7.92. The predicted octanol–water partition coefficient (Wildman–Crippen LogP) is 2.11. The number of rotatable bonds is 2. The number of sulfone groups is 1. The van der Waals surface area contributed by atoms with Crippen molar-refractivity contribution >= 4 is 9.84 Å². The fraction of sp³-hybridized carbons (Fsp3) is 1.00. The van der Waals surface area contributed by atoms with Crippen LogP contribution in [0, 0.1) is 11.8 Å². The van der Waals surface area contributed by atoms with Crippen LogP contribution < -0.4 is 5.73 Å². The molecule has 4 unspecified atom stereocenters. The summed E-state index contributed by atoms with van der Waals surface area (Å²) in [5.41, 5.74) is 6.13. The molecule has 4 heteroatoms. The standard InChI is InChI=1S/C13H25NO2S/c1-9-7-10(2)13(12(14)8-9)17(15,16)11-5-3-4-6-11/h9-13H,3-8,14H2,1-2H3. The largest absolute Gasteiger partial charge is 0.327 e. The van der Waals surface area contributed by atoms with Crippen molar-refractivity contribution in [2.75, 3.05) is 0 Å². The van der Waals surface area contributed by atoms with Crippen LogP contribution >= 0.6 is 0 Å². The second-order valence-electron chi connectivity index (χ2n) is 6.18. The predicted molar refractivity (Wildman–Crippen MR) is 70.5 cm³/mol. The molecule has 3 nitrogen and oxygen atoms in total. The Morgan fingerprint density at radius 3 is 2.18 bits per heavy atom. The molecule has 100 valence electrons. The fourth-order valence-electron chi connectivity index (χ4n) is 3.89. The fourth-order valence-corrected chi connectivity index (χ4v) is 6.68. The van der Waals surface area contributed by atoms with E-state index in [1.165, 1.54) is 0 Å². The van der Waals surface area contributed by atoms with Crippen molar-refractivity contribution in [2.45, 2.75) is 68.9 Å². The van der Waals surface area contributed by atoms with Gasteiger partial charge in [-0.25, -0.2) is 8.42 Å². The lowest BCUT2D eigenvalue weighted by atomic mass is 9.80. The molecule has 0 aliphatic heterocycles. The van der Waals surface area contributed by atoms with Gasteiger partial charge in [-0.05, 0) is 37.5 Å². The van der Waals surface area contributed by atoms with Crippen LogP contribution in [0.3, 0.4) is 0 Å². The molecule has 2 aliphatic carbocycles. The van der Waals surface area contributed by atoms with Crippen molar-refractivity contribution in [3.8, 4) is 0 Å². The second-order valence-corrected chi connectivity index (χ2v) is 8.57. The summed E-state index contributed by atoms with van der Waals surface area (Å²) >= 11 is 0. The molecular formula is C13H25NO2S. The molecule has 0 bridgehead atoms. The third-order valence-corrected chi connectivity index (χ3v) is 7.55. The Labute approximate surface area is 105 Å². The monoisotopic (exact) mass is 259 g/mol. The van der Waals surface area contributed by atoms with Gasteiger partial charge >= 0.3 is 0 Å². The Hall–Kier alpha value is -0.0900. The minimum absolute atomic E-state index is 0.102. The van der Waals surface area contributed by atoms with E-state index in [1.807, 2.05) is 0 Å². The summed E-state index contributed by atoms with van der Waals surface area (Å²) in [4.78, 5) is 0. The highest BCUT2D eigenvalue weighted by Crippen LogP contribution is 2.37. The van der Waals surface area contributed by atoms with Gasteiger partial charge in [0.05, 0.1) is 10.5 Å². The van der Waals surface area contributed by atoms with E-state index in [4.69, 9.17) is 5.73 Å². The molecule has 2 fully saturated rings. The molecule has 0 saturated heterocycles. The zero-order valence-corrected chi connectivity index (χ0v) is 11.7. The summed E-state index contributed by atoms with van der Waals surface area (Å²) in [5, 5.41) is -0.392. The van der Waals surface area contributed by atoms with Gasteiger partial charge in [0.15, 0.2) is 9.84 Å². The van der Waals surface area contributed by atoms with E-state index in [2.05, 4.69) is 13.8 Å². The van der Waals surface area contributed by atoms with Crippen LogP contribution in [0.4, 0.5) is 0 Å². The Morgan fingerprint density at radius 2 is 1.65 bits per heavy atom. The van der Waals surface area contributed by atoms with Crippen LogP contribution in [0.15, 0.2) is 0 Å². The van der Waals surface area contributed by atoms with Gasteiger partial charge in [-0.2, -0.15) is 0 Å². The molecule has 0 aromatic rings. The van der Waals surface area contributed by atoms with Gasteiger partial charge in [-0.1, -0.05) is 26.7 Å². The first kappa shape index (κ1) is 13.3. The molecule has 2 rings (SSSR count). The third kappa shape index (κ3) is 2.53. The summed E-state index contributed by atoms with van der Waals surface area (Å²) in [5.74, 6) is 0.786. The first-order chi connectivity index (χ1) is 7.93. The maximum Gasteiger partial charge on any atom is 0.157 e. The van der Waals surface area contributed by atoms with E-state index in [1.54, 1.807) is 0 Å². The van der Waals surface area contributed by atoms with Crippen LogP contribution in [0.25, 0.3) is 0 Å². The van der Waals surface area contributed by atoms with E-state index in [9.17, 15) is 8.42 Å². The average Bonchev–Trinajstić information content (AvgIpc) is 2.67. The van der Waals surface area contributed by atoms with Crippen LogP contribution in [0.5, 0.6) is 0 Å². The molecule has 0 aromatic carbocycles. The van der Waals surface area contributed by atoms with Crippen LogP contribution in [-0.4, -0.2) is 25.0 Å². The van der Waals surface area contributed by atoms with Crippen molar-refractivity contribution in [1.29, 1.82) is 0 Å². The number of nitrogens with two attached hydrogens (primary N) is 1. The molecule has 0 spiro atoms. The van der Waals surface area contributed by atoms with E-state index >= 15 is 0 Å². The second kappa shape index (κ2) is 4.88.